The predicted octanol–water partition coefficient (Wildman–Crippen LogP) is 3.75. The molecule has 2 aromatic carbocycles. The van der Waals surface area contributed by atoms with Gasteiger partial charge in [-0.3, -0.25) is 0 Å². The number of halogens is 3. The number of benzene rings is 2. The van der Waals surface area contributed by atoms with Crippen LogP contribution in [0.2, 0.25) is 0 Å². The first-order chi connectivity index (χ1) is 13.3. The van der Waals surface area contributed by atoms with Crippen LogP contribution >= 0.6 is 0 Å². The number of aliphatic hydroxyl groups is 1. The van der Waals surface area contributed by atoms with Gasteiger partial charge in [-0.25, -0.2) is 0 Å². The molecule has 9 heteroatoms. The minimum Gasteiger partial charge on any atom is -0.493 e. The van der Waals surface area contributed by atoms with Crippen LogP contribution in [0.4, 0.5) is 13.2 Å². The molecule has 0 aliphatic heterocycles. The topological polar surface area (TPSA) is 77.6 Å². The molecule has 0 aliphatic carbocycles. The molecule has 0 bridgehead atoms. The first-order valence-electron chi connectivity index (χ1n) is 8.18. The molecule has 0 saturated carbocycles. The summed E-state index contributed by atoms with van der Waals surface area (Å²) in [4.78, 5) is 4.00. The van der Waals surface area contributed by atoms with Crippen LogP contribution in [0.3, 0.4) is 0 Å². The Balaban J connectivity index is 1.93. The zero-order chi connectivity index (χ0) is 20.4. The van der Waals surface area contributed by atoms with E-state index >= 15 is 0 Å². The SMILES string of the molecule is COc1ccc(-c2noc(CC(O)(c3ccccc3)C(F)(F)F)n2)cc1OC. The second kappa shape index (κ2) is 7.51. The van der Waals surface area contributed by atoms with Gasteiger partial charge >= 0.3 is 6.18 Å². The number of rotatable bonds is 6. The molecule has 6 nitrogen and oxygen atoms in total. The Hall–Kier alpha value is -3.07. The standard InChI is InChI=1S/C19H17F3N2O4/c1-26-14-9-8-12(10-15(14)27-2)17-23-16(28-24-17)11-18(25,19(20,21)22)13-6-4-3-5-7-13/h3-10,25H,11H2,1-2H3. The summed E-state index contributed by atoms with van der Waals surface area (Å²) in [5.74, 6) is 0.593. The maximum absolute atomic E-state index is 13.6. The molecule has 1 atom stereocenters. The van der Waals surface area contributed by atoms with Gasteiger partial charge in [-0.15, -0.1) is 0 Å². The summed E-state index contributed by atoms with van der Waals surface area (Å²) in [5, 5.41) is 14.1. The van der Waals surface area contributed by atoms with E-state index in [1.54, 1.807) is 24.3 Å². The number of hydrogen-bond acceptors (Lipinski definition) is 6. The van der Waals surface area contributed by atoms with Gasteiger partial charge in [0.1, 0.15) is 0 Å². The molecule has 1 N–H and O–H groups in total. The van der Waals surface area contributed by atoms with Crippen molar-refractivity contribution in [3.05, 3.63) is 60.0 Å². The number of methoxy groups -OCH3 is 2. The summed E-state index contributed by atoms with van der Waals surface area (Å²) >= 11 is 0. The normalized spacial score (nSPS) is 13.8. The molecule has 3 rings (SSSR count). The summed E-state index contributed by atoms with van der Waals surface area (Å²) in [6.45, 7) is 0. The van der Waals surface area contributed by atoms with E-state index in [-0.39, 0.29) is 17.3 Å². The molecule has 0 radical (unpaired) electrons. The quantitative estimate of drug-likeness (QED) is 0.686. The van der Waals surface area contributed by atoms with Crippen molar-refractivity contribution < 1.29 is 32.3 Å². The Labute approximate surface area is 158 Å². The number of aromatic nitrogens is 2. The number of ether oxygens (including phenoxy) is 2. The molecular weight excluding hydrogens is 377 g/mol. The highest BCUT2D eigenvalue weighted by molar-refractivity contribution is 5.60. The smallest absolute Gasteiger partial charge is 0.421 e. The van der Waals surface area contributed by atoms with Crippen LogP contribution in [0.15, 0.2) is 53.1 Å². The lowest BCUT2D eigenvalue weighted by atomic mass is 9.89. The van der Waals surface area contributed by atoms with Gasteiger partial charge in [-0.2, -0.15) is 18.2 Å². The first-order valence-corrected chi connectivity index (χ1v) is 8.18. The number of nitrogens with zero attached hydrogens (tertiary/aromatic N) is 2. The van der Waals surface area contributed by atoms with Gasteiger partial charge in [-0.05, 0) is 23.8 Å². The Bertz CT molecular complexity index is 944. The highest BCUT2D eigenvalue weighted by Crippen LogP contribution is 2.41. The van der Waals surface area contributed by atoms with Gasteiger partial charge in [0, 0.05) is 5.56 Å². The van der Waals surface area contributed by atoms with Gasteiger partial charge in [0.15, 0.2) is 17.1 Å². The van der Waals surface area contributed by atoms with E-state index in [9.17, 15) is 18.3 Å². The van der Waals surface area contributed by atoms with E-state index in [4.69, 9.17) is 14.0 Å². The molecule has 0 spiro atoms. The number of alkyl halides is 3. The molecule has 28 heavy (non-hydrogen) atoms. The molecular formula is C19H17F3N2O4. The Kier molecular flexibility index (Phi) is 5.28. The molecule has 0 saturated heterocycles. The predicted molar refractivity (Wildman–Crippen MR) is 92.9 cm³/mol. The molecule has 148 valence electrons. The van der Waals surface area contributed by atoms with Crippen LogP contribution in [0.1, 0.15) is 11.5 Å². The maximum atomic E-state index is 13.6. The zero-order valence-electron chi connectivity index (χ0n) is 15.0. The second-order valence-electron chi connectivity index (χ2n) is 5.98. The summed E-state index contributed by atoms with van der Waals surface area (Å²) in [6.07, 6.45) is -5.85. The van der Waals surface area contributed by atoms with Crippen molar-refractivity contribution in [1.82, 2.24) is 10.1 Å². The van der Waals surface area contributed by atoms with Crippen molar-refractivity contribution in [2.75, 3.05) is 14.2 Å². The van der Waals surface area contributed by atoms with Gasteiger partial charge in [0.2, 0.25) is 11.7 Å². The molecule has 0 aliphatic rings. The third kappa shape index (κ3) is 3.65. The lowest BCUT2D eigenvalue weighted by Crippen LogP contribution is -2.44. The van der Waals surface area contributed by atoms with Crippen molar-refractivity contribution in [3.63, 3.8) is 0 Å². The third-order valence-electron chi connectivity index (χ3n) is 4.24. The summed E-state index contributed by atoms with van der Waals surface area (Å²) in [5.41, 5.74) is -3.01. The summed E-state index contributed by atoms with van der Waals surface area (Å²) < 4.78 is 56.1. The fourth-order valence-electron chi connectivity index (χ4n) is 2.72. The van der Waals surface area contributed by atoms with E-state index < -0.39 is 18.2 Å². The zero-order valence-corrected chi connectivity index (χ0v) is 15.0. The Morgan fingerprint density at radius 2 is 1.68 bits per heavy atom. The van der Waals surface area contributed by atoms with Crippen LogP contribution in [-0.4, -0.2) is 35.6 Å². The largest absolute Gasteiger partial charge is 0.493 e. The maximum Gasteiger partial charge on any atom is 0.421 e. The average molecular weight is 394 g/mol. The van der Waals surface area contributed by atoms with Gasteiger partial charge in [0.05, 0.1) is 20.6 Å². The van der Waals surface area contributed by atoms with E-state index in [1.165, 1.54) is 38.5 Å². The third-order valence-corrected chi connectivity index (χ3v) is 4.24. The fourth-order valence-corrected chi connectivity index (χ4v) is 2.72. The van der Waals surface area contributed by atoms with Crippen LogP contribution in [-0.2, 0) is 12.0 Å². The van der Waals surface area contributed by atoms with Crippen molar-refractivity contribution in [2.24, 2.45) is 0 Å². The minimum atomic E-state index is -4.94. The van der Waals surface area contributed by atoms with Crippen molar-refractivity contribution in [2.45, 2.75) is 18.2 Å². The summed E-state index contributed by atoms with van der Waals surface area (Å²) in [6, 6.07) is 11.6. The Morgan fingerprint density at radius 3 is 2.29 bits per heavy atom. The minimum absolute atomic E-state index is 0.0635. The van der Waals surface area contributed by atoms with Crippen molar-refractivity contribution in [1.29, 1.82) is 0 Å². The molecule has 0 amide bonds. The van der Waals surface area contributed by atoms with Crippen LogP contribution in [0.25, 0.3) is 11.4 Å². The average Bonchev–Trinajstić information content (AvgIpc) is 3.15. The lowest BCUT2D eigenvalue weighted by molar-refractivity contribution is -0.267. The molecule has 3 aromatic rings. The van der Waals surface area contributed by atoms with Crippen LogP contribution < -0.4 is 9.47 Å². The van der Waals surface area contributed by atoms with Crippen LogP contribution in [0.5, 0.6) is 11.5 Å². The van der Waals surface area contributed by atoms with E-state index in [0.29, 0.717) is 17.1 Å². The molecule has 1 heterocycles. The molecule has 1 aromatic heterocycles. The van der Waals surface area contributed by atoms with E-state index in [1.807, 2.05) is 0 Å². The van der Waals surface area contributed by atoms with Crippen molar-refractivity contribution >= 4 is 0 Å². The van der Waals surface area contributed by atoms with Gasteiger partial charge in [0.25, 0.3) is 0 Å². The highest BCUT2D eigenvalue weighted by atomic mass is 19.4. The lowest BCUT2D eigenvalue weighted by Gasteiger charge is -2.29. The highest BCUT2D eigenvalue weighted by Gasteiger charge is 2.55. The second-order valence-corrected chi connectivity index (χ2v) is 5.98. The van der Waals surface area contributed by atoms with E-state index in [0.717, 1.165) is 0 Å². The Morgan fingerprint density at radius 1 is 1.00 bits per heavy atom. The fraction of sp³-hybridized carbons (Fsp3) is 0.263. The molecule has 1 unspecified atom stereocenters. The monoisotopic (exact) mass is 394 g/mol. The van der Waals surface area contributed by atoms with E-state index in [2.05, 4.69) is 10.1 Å². The van der Waals surface area contributed by atoms with Gasteiger partial charge < -0.3 is 19.1 Å². The summed E-state index contributed by atoms with van der Waals surface area (Å²) in [7, 11) is 2.93. The first kappa shape index (κ1) is 19.7. The van der Waals surface area contributed by atoms with Gasteiger partial charge in [-0.1, -0.05) is 35.5 Å². The number of hydrogen-bond donors (Lipinski definition) is 1. The molecule has 0 fully saturated rings. The van der Waals surface area contributed by atoms with Crippen LogP contribution in [0, 0.1) is 0 Å². The van der Waals surface area contributed by atoms with Crippen molar-refractivity contribution in [3.8, 4) is 22.9 Å².